The van der Waals surface area contributed by atoms with E-state index < -0.39 is 24.2 Å². The van der Waals surface area contributed by atoms with Crippen molar-refractivity contribution in [2.24, 2.45) is 17.6 Å². The molecule has 0 unspecified atom stereocenters. The molecule has 1 aliphatic heterocycles. The van der Waals surface area contributed by atoms with Crippen LogP contribution in [0.25, 0.3) is 0 Å². The normalized spacial score (nSPS) is 29.1. The van der Waals surface area contributed by atoms with Gasteiger partial charge in [-0.2, -0.15) is 13.2 Å². The van der Waals surface area contributed by atoms with E-state index in [0.717, 1.165) is 24.8 Å². The monoisotopic (exact) mass is 392 g/mol. The number of nitrogens with two attached hydrogens (primary N) is 1. The van der Waals surface area contributed by atoms with E-state index in [2.05, 4.69) is 0 Å². The van der Waals surface area contributed by atoms with Crippen LogP contribution in [0.4, 0.5) is 13.2 Å². The van der Waals surface area contributed by atoms with Crippen LogP contribution in [0.1, 0.15) is 35.2 Å². The fourth-order valence-electron chi connectivity index (χ4n) is 4.75. The van der Waals surface area contributed by atoms with Crippen molar-refractivity contribution in [1.82, 2.24) is 4.90 Å². The third kappa shape index (κ3) is 3.85. The van der Waals surface area contributed by atoms with Crippen LogP contribution >= 0.6 is 12.4 Å². The molecule has 26 heavy (non-hydrogen) atoms. The van der Waals surface area contributed by atoms with Gasteiger partial charge < -0.3 is 10.5 Å². The average Bonchev–Trinajstić information content (AvgIpc) is 2.52. The summed E-state index contributed by atoms with van der Waals surface area (Å²) < 4.78 is 44.5. The molecular formula is C18H24ClF3N2O2. The predicted octanol–water partition coefficient (Wildman–Crippen LogP) is 3.34. The number of piperidine rings is 1. The highest BCUT2D eigenvalue weighted by atomic mass is 35.5. The number of ether oxygens (including phenoxy) is 1. The molecule has 3 rings (SSSR count). The zero-order valence-corrected chi connectivity index (χ0v) is 15.4. The highest BCUT2D eigenvalue weighted by Crippen LogP contribution is 2.51. The van der Waals surface area contributed by atoms with Crippen LogP contribution < -0.4 is 5.73 Å². The Bertz CT molecular complexity index is 640. The fraction of sp³-hybridized carbons (Fsp3) is 0.611. The van der Waals surface area contributed by atoms with Crippen LogP contribution in [0, 0.1) is 11.8 Å². The van der Waals surface area contributed by atoms with Gasteiger partial charge in [-0.1, -0.05) is 18.6 Å². The molecule has 146 valence electrons. The molecule has 2 N–H and O–H groups in total. The number of benzene rings is 1. The summed E-state index contributed by atoms with van der Waals surface area (Å²) in [7, 11) is 1.61. The molecule has 2 bridgehead atoms. The zero-order valence-electron chi connectivity index (χ0n) is 14.6. The van der Waals surface area contributed by atoms with Gasteiger partial charge in [-0.3, -0.25) is 9.69 Å². The highest BCUT2D eigenvalue weighted by molar-refractivity contribution is 5.92. The van der Waals surface area contributed by atoms with Gasteiger partial charge in [0.25, 0.3) is 0 Å². The smallest absolute Gasteiger partial charge is 0.373 e. The van der Waals surface area contributed by atoms with Crippen molar-refractivity contribution in [2.45, 2.75) is 31.0 Å². The molecule has 2 aliphatic rings. The Morgan fingerprint density at radius 2 is 1.92 bits per heavy atom. The van der Waals surface area contributed by atoms with Crippen molar-refractivity contribution in [3.63, 3.8) is 0 Å². The number of likely N-dealkylation sites (tertiary alicyclic amines) is 1. The number of hydrogen-bond acceptors (Lipinski definition) is 3. The molecule has 1 saturated carbocycles. The summed E-state index contributed by atoms with van der Waals surface area (Å²) in [6, 6.07) is 7.02. The van der Waals surface area contributed by atoms with E-state index in [1.54, 1.807) is 25.3 Å². The number of fused-ring (bicyclic) bond motifs is 2. The Balaban J connectivity index is 0.00000243. The summed E-state index contributed by atoms with van der Waals surface area (Å²) in [5.41, 5.74) is 5.96. The van der Waals surface area contributed by atoms with E-state index in [1.807, 2.05) is 6.07 Å². The Morgan fingerprint density at radius 3 is 2.42 bits per heavy atom. The van der Waals surface area contributed by atoms with Crippen molar-refractivity contribution >= 4 is 18.3 Å². The van der Waals surface area contributed by atoms with Gasteiger partial charge in [0.1, 0.15) is 5.60 Å². The maximum Gasteiger partial charge on any atom is 0.401 e. The van der Waals surface area contributed by atoms with Crippen LogP contribution in [-0.4, -0.2) is 43.7 Å². The summed E-state index contributed by atoms with van der Waals surface area (Å²) in [5.74, 6) is -0.612. The highest BCUT2D eigenvalue weighted by Gasteiger charge is 2.54. The maximum atomic E-state index is 12.8. The molecule has 0 spiro atoms. The largest absolute Gasteiger partial charge is 0.401 e. The first-order valence-corrected chi connectivity index (χ1v) is 8.51. The summed E-state index contributed by atoms with van der Waals surface area (Å²) in [5, 5.41) is 0. The molecule has 1 aromatic carbocycles. The van der Waals surface area contributed by atoms with Gasteiger partial charge in [0.2, 0.25) is 5.91 Å². The predicted molar refractivity (Wildman–Crippen MR) is 94.2 cm³/mol. The van der Waals surface area contributed by atoms with Gasteiger partial charge in [0, 0.05) is 37.6 Å². The number of halogens is 4. The Morgan fingerprint density at radius 1 is 1.31 bits per heavy atom. The number of carbonyl (C=O) groups excluding carboxylic acids is 1. The van der Waals surface area contributed by atoms with E-state index >= 15 is 0 Å². The molecule has 1 aromatic rings. The molecule has 4 nitrogen and oxygen atoms in total. The zero-order chi connectivity index (χ0) is 18.2. The molecule has 0 aromatic heterocycles. The lowest BCUT2D eigenvalue weighted by Gasteiger charge is -2.55. The van der Waals surface area contributed by atoms with Crippen LogP contribution in [0.5, 0.6) is 0 Å². The molecule has 1 aliphatic carbocycles. The molecule has 2 fully saturated rings. The minimum Gasteiger partial charge on any atom is -0.373 e. The van der Waals surface area contributed by atoms with Gasteiger partial charge in [-0.15, -0.1) is 12.4 Å². The summed E-state index contributed by atoms with van der Waals surface area (Å²) in [6.45, 7) is -0.212. The van der Waals surface area contributed by atoms with Crippen molar-refractivity contribution in [3.8, 4) is 0 Å². The third-order valence-corrected chi connectivity index (χ3v) is 5.61. The van der Waals surface area contributed by atoms with E-state index in [1.165, 1.54) is 4.90 Å². The van der Waals surface area contributed by atoms with Crippen molar-refractivity contribution < 1.29 is 22.7 Å². The first kappa shape index (κ1) is 21.0. The summed E-state index contributed by atoms with van der Waals surface area (Å²) in [4.78, 5) is 13.0. The van der Waals surface area contributed by atoms with Gasteiger partial charge >= 0.3 is 6.18 Å². The van der Waals surface area contributed by atoms with E-state index in [0.29, 0.717) is 18.7 Å². The lowest BCUT2D eigenvalue weighted by atomic mass is 9.62. The first-order valence-electron chi connectivity index (χ1n) is 8.51. The van der Waals surface area contributed by atoms with Crippen molar-refractivity contribution in [1.29, 1.82) is 0 Å². The van der Waals surface area contributed by atoms with Crippen molar-refractivity contribution in [3.05, 3.63) is 35.4 Å². The molecule has 3 atom stereocenters. The topological polar surface area (TPSA) is 55.6 Å². The number of primary amides is 1. The second-order valence-corrected chi connectivity index (χ2v) is 7.08. The number of rotatable bonds is 4. The summed E-state index contributed by atoms with van der Waals surface area (Å²) in [6.07, 6.45) is -1.61. The number of hydrogen-bond donors (Lipinski definition) is 1. The van der Waals surface area contributed by atoms with Crippen LogP contribution in [0.15, 0.2) is 24.3 Å². The van der Waals surface area contributed by atoms with E-state index in [4.69, 9.17) is 10.5 Å². The SMILES string of the molecule is CO[C@]1(c2cccc(C(N)=O)c2)[C@@H]2CCC[C@H]1CN(CC(F)(F)F)C2.Cl. The average molecular weight is 393 g/mol. The van der Waals surface area contributed by atoms with Crippen LogP contribution in [-0.2, 0) is 10.3 Å². The molecule has 1 amide bonds. The quantitative estimate of drug-likeness (QED) is 0.855. The minimum absolute atomic E-state index is 0. The second kappa shape index (κ2) is 7.74. The Hall–Kier alpha value is -1.31. The Labute approximate surface area is 157 Å². The lowest BCUT2D eigenvalue weighted by molar-refractivity contribution is -0.197. The number of methoxy groups -OCH3 is 1. The number of amides is 1. The summed E-state index contributed by atoms with van der Waals surface area (Å²) >= 11 is 0. The van der Waals surface area contributed by atoms with Crippen LogP contribution in [0.3, 0.4) is 0 Å². The number of alkyl halides is 3. The fourth-order valence-corrected chi connectivity index (χ4v) is 4.75. The van der Waals surface area contributed by atoms with E-state index in [-0.39, 0.29) is 24.2 Å². The number of carbonyl (C=O) groups is 1. The third-order valence-electron chi connectivity index (χ3n) is 5.61. The van der Waals surface area contributed by atoms with Gasteiger partial charge in [0.05, 0.1) is 6.54 Å². The molecule has 0 radical (unpaired) electrons. The minimum atomic E-state index is -4.20. The second-order valence-electron chi connectivity index (χ2n) is 7.08. The maximum absolute atomic E-state index is 12.8. The van der Waals surface area contributed by atoms with Gasteiger partial charge in [-0.25, -0.2) is 0 Å². The van der Waals surface area contributed by atoms with Gasteiger partial charge in [-0.05, 0) is 30.5 Å². The standard InChI is InChI=1S/C18H23F3N2O2.ClH/c1-25-18(13-5-2-4-12(8-13)16(22)24)14-6-3-7-15(18)10-23(9-14)11-17(19,20)21;/h2,4-5,8,14-15H,3,6-7,9-11H2,1H3,(H2,22,24);1H/t14-,15+,18-;. The lowest BCUT2D eigenvalue weighted by Crippen LogP contribution is -2.60. The van der Waals surface area contributed by atoms with Crippen LogP contribution in [0.2, 0.25) is 0 Å². The van der Waals surface area contributed by atoms with Crippen molar-refractivity contribution in [2.75, 3.05) is 26.7 Å². The first-order chi connectivity index (χ1) is 11.8. The van der Waals surface area contributed by atoms with E-state index in [9.17, 15) is 18.0 Å². The molecular weight excluding hydrogens is 369 g/mol. The molecule has 1 saturated heterocycles. The Kier molecular flexibility index (Phi) is 6.25. The number of nitrogens with zero attached hydrogens (tertiary/aromatic N) is 1. The molecule has 8 heteroatoms. The van der Waals surface area contributed by atoms with Gasteiger partial charge in [0.15, 0.2) is 0 Å². The molecule has 1 heterocycles.